The molecule has 3 amide bonds. The molecule has 0 aromatic heterocycles. The normalized spacial score (nSPS) is 15.8. The van der Waals surface area contributed by atoms with E-state index >= 15 is 0 Å². The van der Waals surface area contributed by atoms with Crippen LogP contribution in [0.25, 0.3) is 0 Å². The van der Waals surface area contributed by atoms with Crippen LogP contribution < -0.4 is 21.7 Å². The van der Waals surface area contributed by atoms with Gasteiger partial charge in [-0.25, -0.2) is 4.79 Å². The van der Waals surface area contributed by atoms with E-state index in [9.17, 15) is 34.2 Å². The number of aliphatic carboxylic acids is 2. The van der Waals surface area contributed by atoms with Crippen LogP contribution in [0, 0.1) is 0 Å². The van der Waals surface area contributed by atoms with Gasteiger partial charge in [-0.1, -0.05) is 0 Å². The molecule has 13 heteroatoms. The summed E-state index contributed by atoms with van der Waals surface area (Å²) in [6.07, 6.45) is -0.215. The van der Waals surface area contributed by atoms with E-state index in [0.29, 0.717) is 5.75 Å². The van der Waals surface area contributed by atoms with Crippen molar-refractivity contribution in [3.8, 4) is 0 Å². The smallest absolute Gasteiger partial charge is 0.326 e. The molecule has 0 aliphatic heterocycles. The van der Waals surface area contributed by atoms with Gasteiger partial charge in [0, 0.05) is 6.42 Å². The monoisotopic (exact) mass is 450 g/mol. The minimum absolute atomic E-state index is 0.133. The highest BCUT2D eigenvalue weighted by molar-refractivity contribution is 7.98. The highest BCUT2D eigenvalue weighted by Crippen LogP contribution is 2.05. The third kappa shape index (κ3) is 10.4. The Balaban J connectivity index is 5.33. The maximum Gasteiger partial charge on any atom is 0.326 e. The summed E-state index contributed by atoms with van der Waals surface area (Å²) in [7, 11) is 0. The first-order chi connectivity index (χ1) is 13.9. The van der Waals surface area contributed by atoms with Gasteiger partial charge in [-0.05, 0) is 38.7 Å². The zero-order valence-electron chi connectivity index (χ0n) is 17.1. The van der Waals surface area contributed by atoms with Crippen molar-refractivity contribution in [3.63, 3.8) is 0 Å². The third-order valence-corrected chi connectivity index (χ3v) is 4.63. The standard InChI is InChI=1S/C17H30N4O8S/c1-8(18)14(25)19-10(4-5-12(23)24)15(26)21-13(9(2)22)16(27)20-11(17(28)29)6-7-30-3/h8-11,13,22H,4-7,18H2,1-3H3,(H,19,25)(H,20,27)(H,21,26)(H,23,24)(H,28,29). The molecule has 0 aromatic carbocycles. The number of carboxylic acids is 2. The molecule has 0 saturated heterocycles. The van der Waals surface area contributed by atoms with Crippen LogP contribution in [-0.2, 0) is 24.0 Å². The summed E-state index contributed by atoms with van der Waals surface area (Å²) in [6.45, 7) is 2.59. The van der Waals surface area contributed by atoms with Crippen LogP contribution in [-0.4, -0.2) is 87.3 Å². The average Bonchev–Trinajstić information content (AvgIpc) is 2.64. The van der Waals surface area contributed by atoms with Crippen molar-refractivity contribution < 1.29 is 39.3 Å². The molecule has 0 rings (SSSR count). The lowest BCUT2D eigenvalue weighted by molar-refractivity contribution is -0.143. The summed E-state index contributed by atoms with van der Waals surface area (Å²) in [4.78, 5) is 59.0. The Kier molecular flexibility index (Phi) is 12.7. The predicted octanol–water partition coefficient (Wildman–Crippen LogP) is -2.13. The first-order valence-corrected chi connectivity index (χ1v) is 10.6. The second kappa shape index (κ2) is 13.8. The number of carboxylic acid groups (broad SMARTS) is 2. The Morgan fingerprint density at radius 3 is 1.90 bits per heavy atom. The van der Waals surface area contributed by atoms with Crippen LogP contribution in [0.15, 0.2) is 0 Å². The quantitative estimate of drug-likeness (QED) is 0.153. The first kappa shape index (κ1) is 27.6. The average molecular weight is 451 g/mol. The molecular weight excluding hydrogens is 420 g/mol. The SMILES string of the molecule is CSCCC(NC(=O)C(NC(=O)C(CCC(=O)O)NC(=O)C(C)N)C(C)O)C(=O)O. The van der Waals surface area contributed by atoms with Crippen molar-refractivity contribution >= 4 is 41.4 Å². The molecule has 0 bridgehead atoms. The predicted molar refractivity (Wildman–Crippen MR) is 109 cm³/mol. The zero-order valence-corrected chi connectivity index (χ0v) is 17.9. The van der Waals surface area contributed by atoms with Gasteiger partial charge in [-0.2, -0.15) is 11.8 Å². The number of rotatable bonds is 14. The second-order valence-corrected chi connectivity index (χ2v) is 7.68. The van der Waals surface area contributed by atoms with Crippen LogP contribution >= 0.6 is 11.8 Å². The molecule has 0 spiro atoms. The van der Waals surface area contributed by atoms with Gasteiger partial charge in [0.05, 0.1) is 12.1 Å². The van der Waals surface area contributed by atoms with Gasteiger partial charge in [-0.3, -0.25) is 19.2 Å². The van der Waals surface area contributed by atoms with Crippen molar-refractivity contribution in [1.82, 2.24) is 16.0 Å². The molecule has 0 aromatic rings. The van der Waals surface area contributed by atoms with Gasteiger partial charge in [0.1, 0.15) is 18.1 Å². The van der Waals surface area contributed by atoms with Crippen molar-refractivity contribution in [2.75, 3.05) is 12.0 Å². The third-order valence-electron chi connectivity index (χ3n) is 3.98. The van der Waals surface area contributed by atoms with E-state index in [4.69, 9.17) is 10.8 Å². The number of thioether (sulfide) groups is 1. The van der Waals surface area contributed by atoms with Crippen LogP contribution in [0.2, 0.25) is 0 Å². The molecule has 5 atom stereocenters. The van der Waals surface area contributed by atoms with E-state index in [0.717, 1.165) is 0 Å². The van der Waals surface area contributed by atoms with Crippen molar-refractivity contribution in [3.05, 3.63) is 0 Å². The van der Waals surface area contributed by atoms with Crippen LogP contribution in [0.3, 0.4) is 0 Å². The van der Waals surface area contributed by atoms with Gasteiger partial charge in [0.15, 0.2) is 0 Å². The molecular formula is C17H30N4O8S. The zero-order chi connectivity index (χ0) is 23.4. The number of aliphatic hydroxyl groups excluding tert-OH is 1. The Hall–Kier alpha value is -2.38. The van der Waals surface area contributed by atoms with Crippen LogP contribution in [0.4, 0.5) is 0 Å². The number of aliphatic hydroxyl groups is 1. The van der Waals surface area contributed by atoms with E-state index in [2.05, 4.69) is 16.0 Å². The fourth-order valence-corrected chi connectivity index (χ4v) is 2.72. The maximum absolute atomic E-state index is 12.6. The lowest BCUT2D eigenvalue weighted by atomic mass is 10.1. The number of hydrogen-bond acceptors (Lipinski definition) is 8. The molecule has 8 N–H and O–H groups in total. The second-order valence-electron chi connectivity index (χ2n) is 6.69. The van der Waals surface area contributed by atoms with E-state index in [1.54, 1.807) is 6.26 Å². The summed E-state index contributed by atoms with van der Waals surface area (Å²) < 4.78 is 0. The molecule has 0 heterocycles. The molecule has 0 radical (unpaired) electrons. The van der Waals surface area contributed by atoms with Gasteiger partial charge in [-0.15, -0.1) is 0 Å². The minimum atomic E-state index is -1.52. The first-order valence-electron chi connectivity index (χ1n) is 9.19. The van der Waals surface area contributed by atoms with Gasteiger partial charge < -0.3 is 37.0 Å². The van der Waals surface area contributed by atoms with E-state index in [-0.39, 0.29) is 12.8 Å². The van der Waals surface area contributed by atoms with E-state index < -0.39 is 66.4 Å². The molecule has 0 aliphatic carbocycles. The van der Waals surface area contributed by atoms with E-state index in [1.807, 2.05) is 0 Å². The summed E-state index contributed by atoms with van der Waals surface area (Å²) >= 11 is 1.39. The molecule has 0 fully saturated rings. The molecule has 12 nitrogen and oxygen atoms in total. The van der Waals surface area contributed by atoms with Crippen LogP contribution in [0.1, 0.15) is 33.1 Å². The molecule has 5 unspecified atom stereocenters. The van der Waals surface area contributed by atoms with Gasteiger partial charge >= 0.3 is 11.9 Å². The van der Waals surface area contributed by atoms with Crippen molar-refractivity contribution in [2.24, 2.45) is 5.73 Å². The molecule has 30 heavy (non-hydrogen) atoms. The maximum atomic E-state index is 12.6. The Morgan fingerprint density at radius 1 is 0.900 bits per heavy atom. The fourth-order valence-electron chi connectivity index (χ4n) is 2.25. The number of nitrogens with one attached hydrogen (secondary N) is 3. The summed E-state index contributed by atoms with van der Waals surface area (Å²) in [5.41, 5.74) is 5.44. The molecule has 0 saturated carbocycles. The highest BCUT2D eigenvalue weighted by Gasteiger charge is 2.32. The Bertz CT molecular complexity index is 629. The Labute approximate surface area is 178 Å². The van der Waals surface area contributed by atoms with Gasteiger partial charge in [0.25, 0.3) is 0 Å². The van der Waals surface area contributed by atoms with Gasteiger partial charge in [0.2, 0.25) is 17.7 Å². The minimum Gasteiger partial charge on any atom is -0.481 e. The lowest BCUT2D eigenvalue weighted by Crippen LogP contribution is -2.59. The van der Waals surface area contributed by atoms with E-state index in [1.165, 1.54) is 25.6 Å². The lowest BCUT2D eigenvalue weighted by Gasteiger charge is -2.26. The fraction of sp³-hybridized carbons (Fsp3) is 0.706. The summed E-state index contributed by atoms with van der Waals surface area (Å²) in [5, 5.41) is 34.7. The number of hydrogen-bond donors (Lipinski definition) is 7. The van der Waals surface area contributed by atoms with Crippen molar-refractivity contribution in [1.29, 1.82) is 0 Å². The number of carbonyl (C=O) groups is 5. The number of amides is 3. The Morgan fingerprint density at radius 2 is 1.47 bits per heavy atom. The molecule has 172 valence electrons. The van der Waals surface area contributed by atoms with Crippen LogP contribution in [0.5, 0.6) is 0 Å². The number of nitrogens with two attached hydrogens (primary N) is 1. The largest absolute Gasteiger partial charge is 0.481 e. The van der Waals surface area contributed by atoms with Crippen molar-refractivity contribution in [2.45, 2.75) is 63.4 Å². The topological polar surface area (TPSA) is 208 Å². The summed E-state index contributed by atoms with van der Waals surface area (Å²) in [6, 6.07) is -5.02. The summed E-state index contributed by atoms with van der Waals surface area (Å²) in [5.74, 6) is -4.56. The highest BCUT2D eigenvalue weighted by atomic mass is 32.2. The molecule has 0 aliphatic rings. The number of carbonyl (C=O) groups excluding carboxylic acids is 3.